The first kappa shape index (κ1) is 88.0. The summed E-state index contributed by atoms with van der Waals surface area (Å²) in [5.74, 6) is 3.42. The van der Waals surface area contributed by atoms with Crippen molar-refractivity contribution in [1.29, 1.82) is 0 Å². The van der Waals surface area contributed by atoms with Crippen LogP contribution >= 0.6 is 72.1 Å². The minimum Gasteiger partial charge on any atom is -0.378 e. The van der Waals surface area contributed by atoms with E-state index in [4.69, 9.17) is 107 Å². The highest BCUT2D eigenvalue weighted by atomic mass is 35.5. The van der Waals surface area contributed by atoms with Crippen molar-refractivity contribution in [2.24, 2.45) is 5.41 Å². The van der Waals surface area contributed by atoms with Crippen molar-refractivity contribution in [2.75, 3.05) is 138 Å². The van der Waals surface area contributed by atoms with Crippen molar-refractivity contribution in [3.63, 3.8) is 0 Å². The number of benzene rings is 4. The van der Waals surface area contributed by atoms with E-state index in [1.54, 1.807) is 18.5 Å². The zero-order chi connectivity index (χ0) is 87.7. The number of fused-ring (bicyclic) bond motifs is 12. The van der Waals surface area contributed by atoms with Crippen LogP contribution in [0.5, 0.6) is 0 Å². The number of ether oxygens (including phenoxy) is 1. The molecule has 2 fully saturated rings. The van der Waals surface area contributed by atoms with Crippen LogP contribution in [0.1, 0.15) is 83.3 Å². The van der Waals surface area contributed by atoms with Crippen molar-refractivity contribution < 1.29 is 9.53 Å². The zero-order valence-corrected chi connectivity index (χ0v) is 76.2. The third-order valence-corrected chi connectivity index (χ3v) is 23.0. The van der Waals surface area contributed by atoms with Crippen LogP contribution in [0.2, 0.25) is 10.0 Å². The van der Waals surface area contributed by atoms with E-state index in [1.807, 2.05) is 121 Å². The summed E-state index contributed by atoms with van der Waals surface area (Å²) in [6.45, 7) is 24.0. The molecule has 2 saturated heterocycles. The molecule has 6 aliphatic heterocycles. The van der Waals surface area contributed by atoms with Crippen LogP contribution in [-0.4, -0.2) is 176 Å². The molecule has 14 heterocycles. The van der Waals surface area contributed by atoms with Crippen LogP contribution in [0.3, 0.4) is 0 Å². The van der Waals surface area contributed by atoms with E-state index in [-0.39, 0.29) is 5.91 Å². The summed E-state index contributed by atoms with van der Waals surface area (Å²) in [6.07, 6.45) is 15.3. The summed E-state index contributed by atoms with van der Waals surface area (Å²) in [4.78, 5) is 80.0. The maximum atomic E-state index is 12.1. The Morgan fingerprint density at radius 2 is 0.912 bits per heavy atom. The lowest BCUT2D eigenvalue weighted by atomic mass is 9.96. The van der Waals surface area contributed by atoms with E-state index in [9.17, 15) is 4.79 Å². The highest BCUT2D eigenvalue weighted by molar-refractivity contribution is 7.81. The summed E-state index contributed by atoms with van der Waals surface area (Å²) in [5.41, 5.74) is 25.2. The van der Waals surface area contributed by atoms with Crippen molar-refractivity contribution in [1.82, 2.24) is 69.6 Å². The number of hydrogen-bond donors (Lipinski definition) is 9. The summed E-state index contributed by atoms with van der Waals surface area (Å²) in [5, 5.41) is 30.5. The molecule has 18 rings (SSSR count). The number of nitrogens with zero attached hydrogens (tertiary/aromatic N) is 16. The molecule has 4 aromatic carbocycles. The minimum atomic E-state index is -0.494. The van der Waals surface area contributed by atoms with Gasteiger partial charge in [0.25, 0.3) is 0 Å². The average molecular weight is 1780 g/mol. The SMILES string of the molecule is CC(C)(C)C(=O)Nc1ccc(Nc2ncc3c(n2)-c2ccc(Cl)cc2NC(=S)C3)cn1.Cc1ccc2c(c1)NC(=S)Cc1cnc(Nc3ccc(CCCN(C)C)nc3C)nc1-2.Cc1ccc2c(c1)NC(=S)Cc1cnc(Nc3ccc(N4CCOCC4)nc3C)nc1-2.Cc1ncc(N2CCN(C)CC2)cc1Nc1ncc2c(n1)-c1ccc(Cl)cc1NC(=S)C2. The number of aromatic nitrogens is 12. The average Bonchev–Trinajstić information content (AvgIpc) is 1.73. The molecule has 8 aromatic heterocycles. The monoisotopic (exact) mass is 1780 g/mol. The quantitative estimate of drug-likeness (QED) is 0.0431. The van der Waals surface area contributed by atoms with E-state index < -0.39 is 5.41 Å². The summed E-state index contributed by atoms with van der Waals surface area (Å²) < 4.78 is 5.44. The largest absolute Gasteiger partial charge is 0.378 e. The van der Waals surface area contributed by atoms with Crippen molar-refractivity contribution in [3.05, 3.63) is 219 Å². The normalized spacial score (nSPS) is 14.3. The lowest BCUT2D eigenvalue weighted by molar-refractivity contribution is -0.123. The molecule has 1 amide bonds. The number of aryl methyl sites for hydroxylation is 6. The molecule has 0 atom stereocenters. The van der Waals surface area contributed by atoms with E-state index in [2.05, 4.69) is 187 Å². The Hall–Kier alpha value is -11.9. The van der Waals surface area contributed by atoms with Crippen LogP contribution in [-0.2, 0) is 41.6 Å². The lowest BCUT2D eigenvalue weighted by Crippen LogP contribution is -2.44. The maximum absolute atomic E-state index is 12.1. The lowest BCUT2D eigenvalue weighted by Gasteiger charge is -2.34. The standard InChI is InChI=1S/C24H28N6S.C23H24ClN7S.C23H24N6OS.C22H21ClN6OS/c1-15-7-9-19-21(12-15)27-22(31)13-17-14-25-24(29-23(17)19)28-20-10-8-18(26-16(20)2)6-5-11-30(3)4;1-14-19(11-17(13-25-14)31-7-5-30(2)6-8-31)28-23-26-12-15-9-21(32)27-20-10-16(24)3-4-18(20)22(15)29-23;1-14-3-4-17-19(11-14)26-21(31)12-16-13-24-23(28-22(16)17)27-18-5-6-20(25-15(18)2)29-7-9-30-10-8-29;1-22(2,3)20(30)28-17-7-5-14(11-24-17)26-21-25-10-12-8-18(31)27-16-9-13(23)4-6-15(16)19(12)29-21/h7-10,12,14H,5-6,11,13H2,1-4H3,(H,27,31)(H,25,28,29);3-4,10-13H,5-9H2,1-2H3,(H,27,32)(H,26,28,29);3-6,11,13H,7-10,12H2,1-2H3,(H,26,31)(H,24,27,28);4-7,9-11H,8H2,1-3H3,(H,27,31)(H,24,28,30)(H,25,26,29). The maximum Gasteiger partial charge on any atom is 0.230 e. The van der Waals surface area contributed by atoms with Gasteiger partial charge in [0.2, 0.25) is 29.7 Å². The van der Waals surface area contributed by atoms with Crippen molar-refractivity contribution in [3.8, 4) is 45.0 Å². The highest BCUT2D eigenvalue weighted by Crippen LogP contribution is 2.41. The predicted molar refractivity (Wildman–Crippen MR) is 521 cm³/mol. The second kappa shape index (κ2) is 39.1. The molecule has 0 saturated carbocycles. The fraction of sp³-hybridized carbons (Fsp3) is 0.293. The first-order chi connectivity index (χ1) is 60.1. The minimum absolute atomic E-state index is 0.0971. The predicted octanol–water partition coefficient (Wildman–Crippen LogP) is 18.2. The Morgan fingerprint density at radius 1 is 0.464 bits per heavy atom. The molecular formula is C92H97Cl2N25O2S4. The molecule has 6 aliphatic rings. The van der Waals surface area contributed by atoms with Gasteiger partial charge in [-0.25, -0.2) is 49.8 Å². The number of morpholine rings is 1. The fourth-order valence-corrected chi connectivity index (χ4v) is 16.1. The molecule has 0 radical (unpaired) electrons. The molecule has 12 aromatic rings. The summed E-state index contributed by atoms with van der Waals surface area (Å²) in [6, 6.07) is 37.7. The number of anilines is 15. The number of rotatable bonds is 15. The summed E-state index contributed by atoms with van der Waals surface area (Å²) in [7, 11) is 6.34. The number of hydrogen-bond acceptors (Lipinski definition) is 26. The fourth-order valence-electron chi connectivity index (χ4n) is 14.7. The van der Waals surface area contributed by atoms with E-state index >= 15 is 0 Å². The van der Waals surface area contributed by atoms with Gasteiger partial charge >= 0.3 is 0 Å². The van der Waals surface area contributed by atoms with Crippen LogP contribution in [0, 0.1) is 40.0 Å². The Balaban J connectivity index is 0.000000129. The number of amides is 1. The van der Waals surface area contributed by atoms with E-state index in [0.29, 0.717) is 76.0 Å². The Bertz CT molecular complexity index is 6120. The molecule has 0 spiro atoms. The second-order valence-electron chi connectivity index (χ2n) is 32.6. The van der Waals surface area contributed by atoms with Gasteiger partial charge in [0.1, 0.15) is 11.6 Å². The summed E-state index contributed by atoms with van der Waals surface area (Å²) >= 11 is 34.3. The van der Waals surface area contributed by atoms with Gasteiger partial charge in [0.05, 0.1) is 114 Å². The van der Waals surface area contributed by atoms with Crippen LogP contribution in [0.4, 0.5) is 86.6 Å². The third kappa shape index (κ3) is 22.3. The van der Waals surface area contributed by atoms with Gasteiger partial charge in [-0.05, 0) is 177 Å². The molecule has 640 valence electrons. The molecule has 0 bridgehead atoms. The van der Waals surface area contributed by atoms with Gasteiger partial charge in [-0.2, -0.15) is 0 Å². The van der Waals surface area contributed by atoms with Gasteiger partial charge in [-0.3, -0.25) is 14.8 Å². The molecular weight excluding hydrogens is 1690 g/mol. The number of carbonyl (C=O) groups excluding carboxylic acids is 1. The molecule has 27 nitrogen and oxygen atoms in total. The van der Waals surface area contributed by atoms with Crippen molar-refractivity contribution >= 4 is 185 Å². The number of carbonyl (C=O) groups is 1. The Labute approximate surface area is 759 Å². The topological polar surface area (TPSA) is 302 Å². The molecule has 125 heavy (non-hydrogen) atoms. The molecule has 33 heteroatoms. The molecule has 0 unspecified atom stereocenters. The Morgan fingerprint density at radius 3 is 1.36 bits per heavy atom. The number of pyridine rings is 4. The first-order valence-electron chi connectivity index (χ1n) is 41.2. The van der Waals surface area contributed by atoms with Crippen LogP contribution in [0.15, 0.2) is 152 Å². The number of nitrogens with one attached hydrogen (secondary N) is 9. The number of halogens is 2. The highest BCUT2D eigenvalue weighted by Gasteiger charge is 2.28. The first-order valence-corrected chi connectivity index (χ1v) is 43.6. The number of likely N-dealkylation sites (N-methyl/N-ethyl adjacent to an activating group) is 1. The molecule has 0 aliphatic carbocycles. The van der Waals surface area contributed by atoms with E-state index in [1.165, 1.54) is 11.1 Å². The van der Waals surface area contributed by atoms with Crippen molar-refractivity contribution in [2.45, 2.75) is 93.9 Å². The van der Waals surface area contributed by atoms with Crippen LogP contribution in [0.25, 0.3) is 45.0 Å². The van der Waals surface area contributed by atoms with Gasteiger partial charge in [-0.15, -0.1) is 0 Å². The smallest absolute Gasteiger partial charge is 0.230 e. The molecule has 9 N–H and O–H groups in total. The third-order valence-electron chi connectivity index (χ3n) is 21.5. The van der Waals surface area contributed by atoms with Gasteiger partial charge in [-0.1, -0.05) is 117 Å². The van der Waals surface area contributed by atoms with Crippen LogP contribution < -0.4 is 57.7 Å². The van der Waals surface area contributed by atoms with Gasteiger partial charge in [0, 0.05) is 178 Å². The Kier molecular flexibility index (Phi) is 27.5. The zero-order valence-electron chi connectivity index (χ0n) is 71.4. The number of thiocarbonyl (C=S) groups is 4. The second-order valence-corrected chi connectivity index (χ2v) is 35.5. The van der Waals surface area contributed by atoms with E-state index in [0.717, 1.165) is 228 Å². The van der Waals surface area contributed by atoms with Gasteiger partial charge in [0.15, 0.2) is 0 Å². The van der Waals surface area contributed by atoms with Gasteiger partial charge < -0.3 is 72.2 Å². The number of piperazine rings is 1.